The smallest absolute Gasteiger partial charge is 0.240 e. The van der Waals surface area contributed by atoms with Crippen molar-refractivity contribution in [1.82, 2.24) is 10.0 Å². The van der Waals surface area contributed by atoms with Crippen LogP contribution in [0.3, 0.4) is 0 Å². The van der Waals surface area contributed by atoms with Crippen LogP contribution in [0, 0.1) is 0 Å². The van der Waals surface area contributed by atoms with Crippen LogP contribution in [0.25, 0.3) is 0 Å². The molecule has 0 aromatic heterocycles. The van der Waals surface area contributed by atoms with E-state index in [0.717, 1.165) is 22.9 Å². The Morgan fingerprint density at radius 1 is 1.12 bits per heavy atom. The second-order valence-electron chi connectivity index (χ2n) is 5.96. The first kappa shape index (κ1) is 18.1. The maximum Gasteiger partial charge on any atom is 0.240 e. The first-order chi connectivity index (χ1) is 12.0. The molecule has 1 atom stereocenters. The number of sulfonamides is 1. The van der Waals surface area contributed by atoms with Crippen molar-refractivity contribution in [1.29, 1.82) is 0 Å². The normalized spacial score (nSPS) is 16.4. The number of benzene rings is 2. The van der Waals surface area contributed by atoms with E-state index in [1.54, 1.807) is 12.1 Å². The summed E-state index contributed by atoms with van der Waals surface area (Å²) in [7, 11) is -3.60. The van der Waals surface area contributed by atoms with Gasteiger partial charge in [-0.15, -0.1) is 0 Å². The van der Waals surface area contributed by atoms with Crippen LogP contribution in [0.1, 0.15) is 30.0 Å². The molecule has 1 aliphatic rings. The lowest BCUT2D eigenvalue weighted by Gasteiger charge is -2.14. The van der Waals surface area contributed by atoms with Crippen molar-refractivity contribution < 1.29 is 13.2 Å². The number of aryl methyl sites for hydroxylation is 1. The average Bonchev–Trinajstić information content (AvgIpc) is 2.98. The van der Waals surface area contributed by atoms with E-state index < -0.39 is 10.0 Å². The molecule has 0 saturated carbocycles. The molecule has 7 heteroatoms. The zero-order valence-corrected chi connectivity index (χ0v) is 15.9. The summed E-state index contributed by atoms with van der Waals surface area (Å²) in [6.45, 7) is 0.0681. The third-order valence-corrected chi connectivity index (χ3v) is 6.24. The summed E-state index contributed by atoms with van der Waals surface area (Å²) in [5.74, 6) is -0.153. The zero-order chi connectivity index (χ0) is 17.9. The van der Waals surface area contributed by atoms with Gasteiger partial charge in [0.15, 0.2) is 0 Å². The molecule has 1 unspecified atom stereocenters. The van der Waals surface area contributed by atoms with Crippen LogP contribution in [-0.4, -0.2) is 20.9 Å². The molecule has 132 valence electrons. The molecule has 1 amide bonds. The third-order valence-electron chi connectivity index (χ3n) is 4.24. The topological polar surface area (TPSA) is 75.3 Å². The average molecular weight is 423 g/mol. The number of hydrogen-bond acceptors (Lipinski definition) is 3. The van der Waals surface area contributed by atoms with Gasteiger partial charge in [-0.2, -0.15) is 0 Å². The summed E-state index contributed by atoms with van der Waals surface area (Å²) in [5.41, 5.74) is 2.43. The standard InChI is InChI=1S/C18H19BrN2O3S/c19-14-6-8-15(9-7-14)25(23,24)20-12-11-18(22)21-17-10-5-13-3-1-2-4-16(13)17/h1-4,6-9,17,20H,5,10-12H2,(H,21,22). The van der Waals surface area contributed by atoms with Crippen molar-refractivity contribution in [2.75, 3.05) is 6.54 Å². The lowest BCUT2D eigenvalue weighted by Crippen LogP contribution is -2.32. The SMILES string of the molecule is O=C(CCNS(=O)(=O)c1ccc(Br)cc1)NC1CCc2ccccc21. The summed E-state index contributed by atoms with van der Waals surface area (Å²) in [6.07, 6.45) is 1.95. The van der Waals surface area contributed by atoms with Gasteiger partial charge in [-0.05, 0) is 48.2 Å². The first-order valence-corrected chi connectivity index (χ1v) is 10.4. The van der Waals surface area contributed by atoms with Gasteiger partial charge in [-0.3, -0.25) is 4.79 Å². The molecule has 5 nitrogen and oxygen atoms in total. The van der Waals surface area contributed by atoms with Gasteiger partial charge in [-0.25, -0.2) is 13.1 Å². The van der Waals surface area contributed by atoms with Crippen molar-refractivity contribution in [3.8, 4) is 0 Å². The number of halogens is 1. The summed E-state index contributed by atoms with van der Waals surface area (Å²) >= 11 is 3.27. The lowest BCUT2D eigenvalue weighted by atomic mass is 10.1. The minimum atomic E-state index is -3.60. The quantitative estimate of drug-likeness (QED) is 0.751. The van der Waals surface area contributed by atoms with Crippen molar-refractivity contribution in [3.05, 3.63) is 64.1 Å². The van der Waals surface area contributed by atoms with E-state index in [1.807, 2.05) is 18.2 Å². The number of carbonyl (C=O) groups excluding carboxylic acids is 1. The Hall–Kier alpha value is -1.70. The van der Waals surface area contributed by atoms with Crippen LogP contribution < -0.4 is 10.0 Å². The number of nitrogens with one attached hydrogen (secondary N) is 2. The highest BCUT2D eigenvalue weighted by Gasteiger charge is 2.23. The lowest BCUT2D eigenvalue weighted by molar-refractivity contribution is -0.121. The maximum atomic E-state index is 12.2. The summed E-state index contributed by atoms with van der Waals surface area (Å²) in [6, 6.07) is 14.5. The summed E-state index contributed by atoms with van der Waals surface area (Å²) < 4.78 is 27.6. The molecule has 0 aliphatic heterocycles. The number of fused-ring (bicyclic) bond motifs is 1. The van der Waals surface area contributed by atoms with Gasteiger partial charge in [-0.1, -0.05) is 40.2 Å². The Morgan fingerprint density at radius 2 is 1.84 bits per heavy atom. The van der Waals surface area contributed by atoms with E-state index >= 15 is 0 Å². The minimum absolute atomic E-state index is 0.0202. The van der Waals surface area contributed by atoms with E-state index in [1.165, 1.54) is 17.7 Å². The highest BCUT2D eigenvalue weighted by atomic mass is 79.9. The Morgan fingerprint density at radius 3 is 2.60 bits per heavy atom. The molecular weight excluding hydrogens is 404 g/mol. The molecule has 2 aromatic rings. The van der Waals surface area contributed by atoms with Crippen molar-refractivity contribution >= 4 is 31.9 Å². The van der Waals surface area contributed by atoms with Gasteiger partial charge >= 0.3 is 0 Å². The van der Waals surface area contributed by atoms with Crippen molar-refractivity contribution in [2.45, 2.75) is 30.2 Å². The van der Waals surface area contributed by atoms with E-state index in [4.69, 9.17) is 0 Å². The van der Waals surface area contributed by atoms with Crippen LogP contribution >= 0.6 is 15.9 Å². The van der Waals surface area contributed by atoms with Gasteiger partial charge in [0.2, 0.25) is 15.9 Å². The van der Waals surface area contributed by atoms with Crippen LogP contribution in [0.2, 0.25) is 0 Å². The molecular formula is C18H19BrN2O3S. The molecule has 0 bridgehead atoms. The molecule has 0 spiro atoms. The molecule has 0 heterocycles. The zero-order valence-electron chi connectivity index (χ0n) is 13.5. The Kier molecular flexibility index (Phi) is 5.56. The fraction of sp³-hybridized carbons (Fsp3) is 0.278. The molecule has 0 fully saturated rings. The van der Waals surface area contributed by atoms with E-state index in [2.05, 4.69) is 32.0 Å². The van der Waals surface area contributed by atoms with Crippen LogP contribution in [-0.2, 0) is 21.2 Å². The predicted octanol–water partition coefficient (Wildman–Crippen LogP) is 2.92. The molecule has 1 aliphatic carbocycles. The molecule has 0 saturated heterocycles. The fourth-order valence-electron chi connectivity index (χ4n) is 2.97. The van der Waals surface area contributed by atoms with Gasteiger partial charge in [0, 0.05) is 17.4 Å². The third kappa shape index (κ3) is 4.48. The maximum absolute atomic E-state index is 12.2. The first-order valence-electron chi connectivity index (χ1n) is 8.08. The van der Waals surface area contributed by atoms with Crippen molar-refractivity contribution in [3.63, 3.8) is 0 Å². The van der Waals surface area contributed by atoms with Gasteiger partial charge < -0.3 is 5.32 Å². The molecule has 2 N–H and O–H groups in total. The van der Waals surface area contributed by atoms with Gasteiger partial charge in [0.05, 0.1) is 10.9 Å². The summed E-state index contributed by atoms with van der Waals surface area (Å²) in [5, 5.41) is 2.99. The number of rotatable bonds is 6. The predicted molar refractivity (Wildman–Crippen MR) is 99.6 cm³/mol. The second-order valence-corrected chi connectivity index (χ2v) is 8.64. The monoisotopic (exact) mass is 422 g/mol. The van der Waals surface area contributed by atoms with E-state index in [-0.39, 0.29) is 29.8 Å². The van der Waals surface area contributed by atoms with E-state index in [9.17, 15) is 13.2 Å². The largest absolute Gasteiger partial charge is 0.349 e. The van der Waals surface area contributed by atoms with Gasteiger partial charge in [0.1, 0.15) is 0 Å². The molecule has 0 radical (unpaired) electrons. The Balaban J connectivity index is 1.51. The van der Waals surface area contributed by atoms with Crippen LogP contribution in [0.15, 0.2) is 57.9 Å². The van der Waals surface area contributed by atoms with Crippen LogP contribution in [0.4, 0.5) is 0 Å². The van der Waals surface area contributed by atoms with Gasteiger partial charge in [0.25, 0.3) is 0 Å². The highest BCUT2D eigenvalue weighted by Crippen LogP contribution is 2.30. The molecule has 25 heavy (non-hydrogen) atoms. The van der Waals surface area contributed by atoms with Crippen molar-refractivity contribution in [2.24, 2.45) is 0 Å². The fourth-order valence-corrected chi connectivity index (χ4v) is 4.27. The molecule has 2 aromatic carbocycles. The van der Waals surface area contributed by atoms with E-state index in [0.29, 0.717) is 0 Å². The Labute approximate surface area is 156 Å². The summed E-state index contributed by atoms with van der Waals surface area (Å²) in [4.78, 5) is 12.3. The highest BCUT2D eigenvalue weighted by molar-refractivity contribution is 9.10. The number of amides is 1. The van der Waals surface area contributed by atoms with Crippen LogP contribution in [0.5, 0.6) is 0 Å². The molecule has 3 rings (SSSR count). The second kappa shape index (κ2) is 7.68. The Bertz CT molecular complexity index is 866. The minimum Gasteiger partial charge on any atom is -0.349 e. The number of hydrogen-bond donors (Lipinski definition) is 2. The number of carbonyl (C=O) groups is 1.